The smallest absolute Gasteiger partial charge is 0.231 e. The van der Waals surface area contributed by atoms with Crippen molar-refractivity contribution >= 4 is 27.3 Å². The number of benzene rings is 1. The summed E-state index contributed by atoms with van der Waals surface area (Å²) in [6.07, 6.45) is 1.06. The van der Waals surface area contributed by atoms with Gasteiger partial charge in [-0.1, -0.05) is 18.2 Å². The summed E-state index contributed by atoms with van der Waals surface area (Å²) in [5, 5.41) is 10.7. The van der Waals surface area contributed by atoms with Crippen molar-refractivity contribution in [2.45, 2.75) is 0 Å². The van der Waals surface area contributed by atoms with Crippen LogP contribution >= 0.6 is 0 Å². The van der Waals surface area contributed by atoms with Gasteiger partial charge in [0.2, 0.25) is 10.0 Å². The van der Waals surface area contributed by atoms with E-state index in [1.54, 1.807) is 12.1 Å². The number of anilines is 3. The summed E-state index contributed by atoms with van der Waals surface area (Å²) in [5.41, 5.74) is 0.885. The largest absolute Gasteiger partial charge is 0.339 e. The van der Waals surface area contributed by atoms with Crippen molar-refractivity contribution < 1.29 is 8.42 Å². The van der Waals surface area contributed by atoms with E-state index in [9.17, 15) is 8.42 Å². The maximum absolute atomic E-state index is 11.0. The zero-order valence-electron chi connectivity index (χ0n) is 9.66. The molecule has 1 aromatic carbocycles. The Morgan fingerprint density at radius 1 is 0.944 bits per heavy atom. The minimum absolute atomic E-state index is 0.191. The minimum Gasteiger partial charge on any atom is -0.339 e. The van der Waals surface area contributed by atoms with Crippen LogP contribution in [0.25, 0.3) is 0 Å². The van der Waals surface area contributed by atoms with Gasteiger partial charge in [0.15, 0.2) is 11.6 Å². The summed E-state index contributed by atoms with van der Waals surface area (Å²) in [6.45, 7) is 0. The monoisotopic (exact) mass is 264 g/mol. The SMILES string of the molecule is CS(=O)(=O)Nc1ccc(Nc2ccccc2)nn1. The van der Waals surface area contributed by atoms with E-state index in [0.717, 1.165) is 11.9 Å². The predicted molar refractivity (Wildman–Crippen MR) is 70.2 cm³/mol. The number of sulfonamides is 1. The second-order valence-corrected chi connectivity index (χ2v) is 5.42. The molecule has 0 unspecified atom stereocenters. The Hall–Kier alpha value is -2.15. The maximum atomic E-state index is 11.0. The minimum atomic E-state index is -3.32. The van der Waals surface area contributed by atoms with Gasteiger partial charge in [-0.25, -0.2) is 8.42 Å². The van der Waals surface area contributed by atoms with Crippen molar-refractivity contribution in [2.24, 2.45) is 0 Å². The maximum Gasteiger partial charge on any atom is 0.231 e. The number of para-hydroxylation sites is 1. The molecule has 0 saturated carbocycles. The van der Waals surface area contributed by atoms with Crippen molar-refractivity contribution in [3.63, 3.8) is 0 Å². The molecule has 1 heterocycles. The lowest BCUT2D eigenvalue weighted by Crippen LogP contribution is -2.11. The van der Waals surface area contributed by atoms with Gasteiger partial charge in [0.25, 0.3) is 0 Å². The molecule has 0 aliphatic rings. The Bertz CT molecular complexity index is 611. The molecule has 0 aliphatic heterocycles. The molecule has 0 fully saturated rings. The average molecular weight is 264 g/mol. The van der Waals surface area contributed by atoms with Crippen LogP contribution in [0.3, 0.4) is 0 Å². The molecule has 18 heavy (non-hydrogen) atoms. The molecule has 2 N–H and O–H groups in total. The molecule has 0 aliphatic carbocycles. The van der Waals surface area contributed by atoms with Gasteiger partial charge in [0.05, 0.1) is 6.26 Å². The van der Waals surface area contributed by atoms with Gasteiger partial charge >= 0.3 is 0 Å². The van der Waals surface area contributed by atoms with Crippen LogP contribution in [0, 0.1) is 0 Å². The number of rotatable bonds is 4. The highest BCUT2D eigenvalue weighted by atomic mass is 32.2. The second kappa shape index (κ2) is 5.01. The summed E-state index contributed by atoms with van der Waals surface area (Å²) in [4.78, 5) is 0. The second-order valence-electron chi connectivity index (χ2n) is 3.67. The molecule has 0 atom stereocenters. The first kappa shape index (κ1) is 12.3. The first-order chi connectivity index (χ1) is 8.53. The van der Waals surface area contributed by atoms with Gasteiger partial charge in [0.1, 0.15) is 0 Å². The number of nitrogens with zero attached hydrogens (tertiary/aromatic N) is 2. The van der Waals surface area contributed by atoms with Gasteiger partial charge < -0.3 is 5.32 Å². The number of nitrogens with one attached hydrogen (secondary N) is 2. The summed E-state index contributed by atoms with van der Waals surface area (Å²) in [5.74, 6) is 0.733. The van der Waals surface area contributed by atoms with Crippen molar-refractivity contribution in [3.8, 4) is 0 Å². The van der Waals surface area contributed by atoms with Gasteiger partial charge in [0, 0.05) is 5.69 Å². The number of hydrogen-bond donors (Lipinski definition) is 2. The van der Waals surface area contributed by atoms with Gasteiger partial charge in [-0.05, 0) is 24.3 Å². The molecule has 6 nitrogen and oxygen atoms in total. The highest BCUT2D eigenvalue weighted by Crippen LogP contribution is 2.14. The van der Waals surface area contributed by atoms with E-state index in [0.29, 0.717) is 5.82 Å². The fraction of sp³-hybridized carbons (Fsp3) is 0.0909. The molecule has 0 saturated heterocycles. The van der Waals surface area contributed by atoms with Crippen molar-refractivity contribution in [1.82, 2.24) is 10.2 Å². The molecule has 1 aromatic heterocycles. The average Bonchev–Trinajstić information content (AvgIpc) is 2.31. The molecule has 0 radical (unpaired) electrons. The summed E-state index contributed by atoms with van der Waals surface area (Å²) >= 11 is 0. The fourth-order valence-corrected chi connectivity index (χ4v) is 1.80. The normalized spacial score (nSPS) is 10.9. The Labute approximate surface area is 105 Å². The van der Waals surface area contributed by atoms with Gasteiger partial charge in [-0.3, -0.25) is 4.72 Å². The Morgan fingerprint density at radius 2 is 1.56 bits per heavy atom. The van der Waals surface area contributed by atoms with Crippen molar-refractivity contribution in [1.29, 1.82) is 0 Å². The van der Waals surface area contributed by atoms with Crippen LogP contribution in [0.1, 0.15) is 0 Å². The number of aromatic nitrogens is 2. The highest BCUT2D eigenvalue weighted by Gasteiger charge is 2.03. The van der Waals surface area contributed by atoms with Gasteiger partial charge in [-0.15, -0.1) is 10.2 Å². The van der Waals surface area contributed by atoms with E-state index in [4.69, 9.17) is 0 Å². The van der Waals surface area contributed by atoms with Crippen LogP contribution < -0.4 is 10.0 Å². The topological polar surface area (TPSA) is 84.0 Å². The highest BCUT2D eigenvalue weighted by molar-refractivity contribution is 7.92. The molecule has 0 amide bonds. The molecule has 2 rings (SSSR count). The molecule has 94 valence electrons. The van der Waals surface area contributed by atoms with Crippen LogP contribution in [0.5, 0.6) is 0 Å². The third-order valence-electron chi connectivity index (χ3n) is 2.00. The van der Waals surface area contributed by atoms with Crippen molar-refractivity contribution in [2.75, 3.05) is 16.3 Å². The van der Waals surface area contributed by atoms with Crippen LogP contribution in [0.2, 0.25) is 0 Å². The molecule has 2 aromatic rings. The Morgan fingerprint density at radius 3 is 2.11 bits per heavy atom. The van der Waals surface area contributed by atoms with E-state index in [-0.39, 0.29) is 5.82 Å². The summed E-state index contributed by atoms with van der Waals surface area (Å²) < 4.78 is 24.2. The lowest BCUT2D eigenvalue weighted by molar-refractivity contribution is 0.606. The van der Waals surface area contributed by atoms with Crippen LogP contribution in [0.4, 0.5) is 17.3 Å². The van der Waals surface area contributed by atoms with E-state index in [2.05, 4.69) is 20.2 Å². The lowest BCUT2D eigenvalue weighted by atomic mass is 10.3. The quantitative estimate of drug-likeness (QED) is 0.876. The van der Waals surface area contributed by atoms with E-state index in [1.165, 1.54) is 0 Å². The molecule has 0 bridgehead atoms. The third kappa shape index (κ3) is 3.70. The third-order valence-corrected chi connectivity index (χ3v) is 2.58. The van der Waals surface area contributed by atoms with Gasteiger partial charge in [-0.2, -0.15) is 0 Å². The molecule has 0 spiro atoms. The zero-order chi connectivity index (χ0) is 13.0. The molecular formula is C11H12N4O2S. The standard InChI is InChI=1S/C11H12N4O2S/c1-18(16,17)15-11-8-7-10(13-14-11)12-9-5-3-2-4-6-9/h2-8H,1H3,(H,12,13)(H,14,15). The Balaban J connectivity index is 2.09. The summed E-state index contributed by atoms with van der Waals surface area (Å²) in [6, 6.07) is 12.7. The van der Waals surface area contributed by atoms with Crippen molar-refractivity contribution in [3.05, 3.63) is 42.5 Å². The zero-order valence-corrected chi connectivity index (χ0v) is 10.5. The van der Waals surface area contributed by atoms with E-state index < -0.39 is 10.0 Å². The van der Waals surface area contributed by atoms with Crippen LogP contribution in [-0.2, 0) is 10.0 Å². The first-order valence-corrected chi connectivity index (χ1v) is 7.06. The summed E-state index contributed by atoms with van der Waals surface area (Å²) in [7, 11) is -3.32. The van der Waals surface area contributed by atoms with Crippen LogP contribution in [0.15, 0.2) is 42.5 Å². The number of hydrogen-bond acceptors (Lipinski definition) is 5. The van der Waals surface area contributed by atoms with Crippen LogP contribution in [-0.4, -0.2) is 24.9 Å². The lowest BCUT2D eigenvalue weighted by Gasteiger charge is -2.05. The fourth-order valence-electron chi connectivity index (χ4n) is 1.31. The predicted octanol–water partition coefficient (Wildman–Crippen LogP) is 1.59. The van der Waals surface area contributed by atoms with E-state index >= 15 is 0 Å². The first-order valence-electron chi connectivity index (χ1n) is 5.16. The molecular weight excluding hydrogens is 252 g/mol. The molecule has 7 heteroatoms. The van der Waals surface area contributed by atoms with E-state index in [1.807, 2.05) is 30.3 Å². The Kier molecular flexibility index (Phi) is 3.42.